The molecule has 0 aromatic carbocycles. The van der Waals surface area contributed by atoms with Crippen LogP contribution in [0.3, 0.4) is 0 Å². The molecule has 0 aliphatic carbocycles. The molecular formula is C4H11N2OS+. The number of carbonyl (C=O) groups is 1. The highest BCUT2D eigenvalue weighted by Gasteiger charge is 2.06. The summed E-state index contributed by atoms with van der Waals surface area (Å²) in [5.41, 5.74) is 8.80. The normalized spacial score (nSPS) is 13.4. The van der Waals surface area contributed by atoms with E-state index >= 15 is 0 Å². The van der Waals surface area contributed by atoms with Gasteiger partial charge in [-0.05, 0) is 0 Å². The average Bonchev–Trinajstić information content (AvgIpc) is 1.67. The predicted octanol–water partition coefficient (Wildman–Crippen LogP) is -1.60. The van der Waals surface area contributed by atoms with E-state index in [0.717, 1.165) is 0 Å². The van der Waals surface area contributed by atoms with Crippen LogP contribution >= 0.6 is 12.6 Å². The van der Waals surface area contributed by atoms with Crippen molar-refractivity contribution in [3.63, 3.8) is 0 Å². The van der Waals surface area contributed by atoms with Gasteiger partial charge in [-0.25, -0.2) is 0 Å². The Morgan fingerprint density at radius 1 is 1.88 bits per heavy atom. The lowest BCUT2D eigenvalue weighted by Crippen LogP contribution is -2.52. The van der Waals surface area contributed by atoms with E-state index in [9.17, 15) is 4.79 Å². The summed E-state index contributed by atoms with van der Waals surface area (Å²) in [6.07, 6.45) is 0.627. The fourth-order valence-electron chi connectivity index (χ4n) is 0.343. The largest absolute Gasteiger partial charge is 0.357 e. The van der Waals surface area contributed by atoms with Crippen LogP contribution in [0.4, 0.5) is 0 Å². The Morgan fingerprint density at radius 2 is 2.38 bits per heavy atom. The van der Waals surface area contributed by atoms with E-state index in [0.29, 0.717) is 13.0 Å². The third kappa shape index (κ3) is 3.01. The molecule has 0 radical (unpaired) electrons. The molecule has 0 fully saturated rings. The zero-order chi connectivity index (χ0) is 6.57. The standard InChI is InChI=1S/C4H10N2OS/c5-2-1-3(6)4(7)8/h3H,1-2,5-6H2,(H,7,8)/p+1/t3-/m0/s1. The summed E-state index contributed by atoms with van der Waals surface area (Å²) in [6, 6.07) is -0.421. The third-order valence-corrected chi connectivity index (χ3v) is 1.16. The number of carbonyl (C=O) groups excluding carboxylic acids is 1. The summed E-state index contributed by atoms with van der Waals surface area (Å²) in [7, 11) is 0. The fourth-order valence-corrected chi connectivity index (χ4v) is 0.472. The molecule has 0 unspecified atom stereocenters. The van der Waals surface area contributed by atoms with Gasteiger partial charge >= 0.3 is 0 Å². The van der Waals surface area contributed by atoms with Crippen LogP contribution < -0.4 is 11.5 Å². The highest BCUT2D eigenvalue weighted by atomic mass is 32.1. The maximum atomic E-state index is 10.2. The third-order valence-electron chi connectivity index (χ3n) is 0.832. The van der Waals surface area contributed by atoms with Gasteiger partial charge in [-0.2, -0.15) is 0 Å². The lowest BCUT2D eigenvalue weighted by molar-refractivity contribution is -0.368. The molecule has 0 rings (SSSR count). The monoisotopic (exact) mass is 135 g/mol. The van der Waals surface area contributed by atoms with Gasteiger partial charge in [0.25, 0.3) is 0 Å². The van der Waals surface area contributed by atoms with Crippen molar-refractivity contribution >= 4 is 17.7 Å². The molecule has 0 amide bonds. The first-order chi connectivity index (χ1) is 3.68. The second-order valence-electron chi connectivity index (χ2n) is 1.59. The molecule has 48 valence electrons. The number of hydrogen-bond acceptors (Lipinski definition) is 2. The first kappa shape index (κ1) is 7.94. The van der Waals surface area contributed by atoms with Crippen molar-refractivity contribution in [1.82, 2.24) is 0 Å². The summed E-state index contributed by atoms with van der Waals surface area (Å²) in [5.74, 6) is 0. The van der Waals surface area contributed by atoms with Gasteiger partial charge in [0.15, 0.2) is 0 Å². The van der Waals surface area contributed by atoms with Crippen LogP contribution in [0, 0.1) is 0 Å². The molecule has 0 aromatic rings. The van der Waals surface area contributed by atoms with Crippen LogP contribution in [0.1, 0.15) is 6.42 Å². The Morgan fingerprint density at radius 3 is 2.50 bits per heavy atom. The van der Waals surface area contributed by atoms with Crippen molar-refractivity contribution in [2.45, 2.75) is 12.5 Å². The highest BCUT2D eigenvalue weighted by Crippen LogP contribution is 1.89. The topological polar surface area (TPSA) is 70.7 Å². The van der Waals surface area contributed by atoms with Gasteiger partial charge in [0.2, 0.25) is 5.12 Å². The minimum atomic E-state index is -0.421. The van der Waals surface area contributed by atoms with E-state index in [2.05, 4.69) is 18.4 Å². The molecule has 8 heavy (non-hydrogen) atoms. The number of rotatable bonds is 3. The van der Waals surface area contributed by atoms with Crippen LogP contribution in [0.5, 0.6) is 0 Å². The minimum absolute atomic E-state index is 0.256. The SMILES string of the molecule is N[C@@H](CC[NH3+])C(=O)S. The van der Waals surface area contributed by atoms with Crippen LogP contribution in [-0.4, -0.2) is 17.7 Å². The molecule has 0 aromatic heterocycles. The Labute approximate surface area is 53.8 Å². The van der Waals surface area contributed by atoms with Gasteiger partial charge in [-0.1, -0.05) is 0 Å². The molecule has 4 heteroatoms. The first-order valence-electron chi connectivity index (χ1n) is 2.46. The fraction of sp³-hybridized carbons (Fsp3) is 0.750. The van der Waals surface area contributed by atoms with Gasteiger partial charge in [0.05, 0.1) is 12.6 Å². The van der Waals surface area contributed by atoms with Gasteiger partial charge in [0.1, 0.15) is 0 Å². The molecule has 0 aliphatic heterocycles. The van der Waals surface area contributed by atoms with Crippen molar-refractivity contribution < 1.29 is 10.5 Å². The van der Waals surface area contributed by atoms with Gasteiger partial charge in [-0.15, -0.1) is 12.6 Å². The molecule has 0 spiro atoms. The minimum Gasteiger partial charge on any atom is -0.357 e. The molecule has 0 saturated carbocycles. The van der Waals surface area contributed by atoms with Crippen molar-refractivity contribution in [1.29, 1.82) is 0 Å². The maximum Gasteiger partial charge on any atom is 0.202 e. The van der Waals surface area contributed by atoms with Crippen molar-refractivity contribution in [2.24, 2.45) is 5.73 Å². The summed E-state index contributed by atoms with van der Waals surface area (Å²) in [6.45, 7) is 0.688. The zero-order valence-corrected chi connectivity index (χ0v) is 5.53. The molecule has 0 heterocycles. The van der Waals surface area contributed by atoms with E-state index in [1.165, 1.54) is 0 Å². The summed E-state index contributed by atoms with van der Waals surface area (Å²) in [4.78, 5) is 10.2. The van der Waals surface area contributed by atoms with E-state index in [-0.39, 0.29) is 5.12 Å². The van der Waals surface area contributed by atoms with Gasteiger partial charge in [-0.3, -0.25) is 4.79 Å². The molecular weight excluding hydrogens is 124 g/mol. The Balaban J connectivity index is 3.32. The average molecular weight is 135 g/mol. The van der Waals surface area contributed by atoms with Crippen molar-refractivity contribution in [2.75, 3.05) is 6.54 Å². The lowest BCUT2D eigenvalue weighted by atomic mass is 10.2. The van der Waals surface area contributed by atoms with Crippen molar-refractivity contribution in [3.8, 4) is 0 Å². The number of hydrogen-bond donors (Lipinski definition) is 3. The molecule has 0 saturated heterocycles. The molecule has 5 N–H and O–H groups in total. The second kappa shape index (κ2) is 3.88. The van der Waals surface area contributed by atoms with Gasteiger partial charge < -0.3 is 11.5 Å². The van der Waals surface area contributed by atoms with Gasteiger partial charge in [0, 0.05) is 6.42 Å². The summed E-state index contributed by atoms with van der Waals surface area (Å²) >= 11 is 3.54. The predicted molar refractivity (Wildman–Crippen MR) is 34.3 cm³/mol. The van der Waals surface area contributed by atoms with E-state index in [1.54, 1.807) is 0 Å². The second-order valence-corrected chi connectivity index (χ2v) is 2.03. The van der Waals surface area contributed by atoms with Crippen LogP contribution in [0.2, 0.25) is 0 Å². The van der Waals surface area contributed by atoms with E-state index < -0.39 is 6.04 Å². The molecule has 0 bridgehead atoms. The summed E-state index contributed by atoms with van der Waals surface area (Å²) in [5, 5.41) is -0.256. The van der Waals surface area contributed by atoms with Crippen LogP contribution in [0.15, 0.2) is 0 Å². The first-order valence-corrected chi connectivity index (χ1v) is 2.91. The number of nitrogens with two attached hydrogens (primary N) is 1. The zero-order valence-electron chi connectivity index (χ0n) is 4.63. The Kier molecular flexibility index (Phi) is 3.85. The van der Waals surface area contributed by atoms with E-state index in [4.69, 9.17) is 5.73 Å². The van der Waals surface area contributed by atoms with Crippen LogP contribution in [-0.2, 0) is 4.79 Å². The number of quaternary nitrogens is 1. The van der Waals surface area contributed by atoms with Crippen LogP contribution in [0.25, 0.3) is 0 Å². The molecule has 1 atom stereocenters. The van der Waals surface area contributed by atoms with E-state index in [1.807, 2.05) is 0 Å². The molecule has 0 aliphatic rings. The quantitative estimate of drug-likeness (QED) is 0.408. The van der Waals surface area contributed by atoms with Crippen molar-refractivity contribution in [3.05, 3.63) is 0 Å². The smallest absolute Gasteiger partial charge is 0.202 e. The highest BCUT2D eigenvalue weighted by molar-refractivity contribution is 7.96. The lowest BCUT2D eigenvalue weighted by Gasteiger charge is -1.99. The molecule has 3 nitrogen and oxygen atoms in total. The Bertz CT molecular complexity index is 86.1. The summed E-state index contributed by atoms with van der Waals surface area (Å²) < 4.78 is 0. The number of thiol groups is 1. The Hall–Kier alpha value is -0.0600. The maximum absolute atomic E-state index is 10.2.